The number of unbranched alkanes of at least 4 members (excludes halogenated alkanes) is 2. The van der Waals surface area contributed by atoms with Gasteiger partial charge < -0.3 is 9.80 Å². The Morgan fingerprint density at radius 3 is 2.35 bits per heavy atom. The topological polar surface area (TPSA) is 40.6 Å². The molecular weight excluding hydrogens is 427 g/mol. The number of benzene rings is 3. The average molecular weight is 459 g/mol. The summed E-state index contributed by atoms with van der Waals surface area (Å²) in [6.45, 7) is 4.09. The van der Waals surface area contributed by atoms with Crippen LogP contribution in [0.3, 0.4) is 0 Å². The lowest BCUT2D eigenvalue weighted by atomic mass is 9.89. The highest BCUT2D eigenvalue weighted by Gasteiger charge is 2.39. The Bertz CT molecular complexity index is 1150. The van der Waals surface area contributed by atoms with Gasteiger partial charge in [-0.05, 0) is 55.7 Å². The van der Waals surface area contributed by atoms with Crippen molar-refractivity contribution in [3.63, 3.8) is 0 Å². The van der Waals surface area contributed by atoms with Crippen LogP contribution in [0.25, 0.3) is 0 Å². The van der Waals surface area contributed by atoms with E-state index in [4.69, 9.17) is 0 Å². The molecule has 2 amide bonds. The third-order valence-electron chi connectivity index (χ3n) is 6.49. The summed E-state index contributed by atoms with van der Waals surface area (Å²) in [5.41, 5.74) is 2.53. The highest BCUT2D eigenvalue weighted by atomic mass is 19.1. The Hall–Kier alpha value is -3.47. The Balaban J connectivity index is 1.75. The van der Waals surface area contributed by atoms with Crippen LogP contribution in [0, 0.1) is 5.82 Å². The number of para-hydroxylation sites is 2. The molecular formula is C29H31FN2O2. The van der Waals surface area contributed by atoms with E-state index in [1.807, 2.05) is 66.4 Å². The molecule has 3 aromatic carbocycles. The monoisotopic (exact) mass is 458 g/mol. The molecule has 3 aromatic rings. The minimum atomic E-state index is -0.531. The van der Waals surface area contributed by atoms with E-state index < -0.39 is 5.82 Å². The van der Waals surface area contributed by atoms with Crippen LogP contribution in [0.2, 0.25) is 0 Å². The fourth-order valence-electron chi connectivity index (χ4n) is 4.83. The summed E-state index contributed by atoms with van der Waals surface area (Å²) in [5.74, 6) is -0.811. The standard InChI is InChI=1S/C29H31FN2O2/c1-3-4-6-19-28(33)32(22-13-7-5-8-14-22)27-20-21(2)31(26-18-12-10-16-24(26)27)29(34)23-15-9-11-17-25(23)30/h5,7-18,21,27H,3-4,6,19-20H2,1-2H3/t21-,27+/m1/s1. The number of carbonyl (C=O) groups is 2. The van der Waals surface area contributed by atoms with Crippen LogP contribution in [0.5, 0.6) is 0 Å². The summed E-state index contributed by atoms with van der Waals surface area (Å²) in [5, 5.41) is 0. The van der Waals surface area contributed by atoms with Gasteiger partial charge in [0.15, 0.2) is 0 Å². The molecule has 0 fully saturated rings. The van der Waals surface area contributed by atoms with Crippen molar-refractivity contribution in [1.82, 2.24) is 0 Å². The van der Waals surface area contributed by atoms with E-state index in [-0.39, 0.29) is 29.5 Å². The molecule has 4 nitrogen and oxygen atoms in total. The van der Waals surface area contributed by atoms with Crippen molar-refractivity contribution >= 4 is 23.2 Å². The largest absolute Gasteiger partial charge is 0.305 e. The van der Waals surface area contributed by atoms with Gasteiger partial charge in [0.05, 0.1) is 11.6 Å². The molecule has 5 heteroatoms. The molecule has 1 heterocycles. The maximum absolute atomic E-state index is 14.5. The first-order chi connectivity index (χ1) is 16.5. The normalized spacial score (nSPS) is 17.2. The smallest absolute Gasteiger partial charge is 0.261 e. The van der Waals surface area contributed by atoms with E-state index in [0.717, 1.165) is 36.2 Å². The van der Waals surface area contributed by atoms with Crippen molar-refractivity contribution in [2.75, 3.05) is 9.80 Å². The number of hydrogen-bond donors (Lipinski definition) is 0. The summed E-state index contributed by atoms with van der Waals surface area (Å²) >= 11 is 0. The molecule has 0 radical (unpaired) electrons. The Morgan fingerprint density at radius 2 is 1.62 bits per heavy atom. The minimum absolute atomic E-state index is 0.0539. The van der Waals surface area contributed by atoms with Crippen molar-refractivity contribution in [2.24, 2.45) is 0 Å². The molecule has 1 aliphatic heterocycles. The Kier molecular flexibility index (Phi) is 7.41. The van der Waals surface area contributed by atoms with Gasteiger partial charge in [-0.25, -0.2) is 4.39 Å². The number of halogens is 1. The molecule has 0 bridgehead atoms. The van der Waals surface area contributed by atoms with Crippen LogP contribution >= 0.6 is 0 Å². The van der Waals surface area contributed by atoms with Gasteiger partial charge >= 0.3 is 0 Å². The van der Waals surface area contributed by atoms with Crippen LogP contribution in [0.1, 0.15) is 67.9 Å². The summed E-state index contributed by atoms with van der Waals surface area (Å²) < 4.78 is 14.5. The SMILES string of the molecule is CCCCCC(=O)N(c1ccccc1)[C@H]1C[C@@H](C)N(C(=O)c2ccccc2F)c2ccccc21. The van der Waals surface area contributed by atoms with Crippen LogP contribution < -0.4 is 9.80 Å². The zero-order chi connectivity index (χ0) is 24.1. The van der Waals surface area contributed by atoms with Gasteiger partial charge in [0.2, 0.25) is 5.91 Å². The second kappa shape index (κ2) is 10.6. The number of hydrogen-bond acceptors (Lipinski definition) is 2. The van der Waals surface area contributed by atoms with E-state index in [1.165, 1.54) is 12.1 Å². The first kappa shape index (κ1) is 23.7. The van der Waals surface area contributed by atoms with Gasteiger partial charge in [-0.3, -0.25) is 9.59 Å². The second-order valence-corrected chi connectivity index (χ2v) is 8.87. The summed E-state index contributed by atoms with van der Waals surface area (Å²) in [6.07, 6.45) is 3.95. The number of amides is 2. The van der Waals surface area contributed by atoms with Gasteiger partial charge in [0.25, 0.3) is 5.91 Å². The molecule has 0 saturated carbocycles. The predicted molar refractivity (Wildman–Crippen MR) is 135 cm³/mol. The molecule has 0 unspecified atom stereocenters. The lowest BCUT2D eigenvalue weighted by Gasteiger charge is -2.43. The third-order valence-corrected chi connectivity index (χ3v) is 6.49. The van der Waals surface area contributed by atoms with E-state index >= 15 is 0 Å². The molecule has 0 aromatic heterocycles. The van der Waals surface area contributed by atoms with Crippen molar-refractivity contribution in [1.29, 1.82) is 0 Å². The maximum atomic E-state index is 14.5. The predicted octanol–water partition coefficient (Wildman–Crippen LogP) is 6.92. The fourth-order valence-corrected chi connectivity index (χ4v) is 4.83. The Labute approximate surface area is 201 Å². The second-order valence-electron chi connectivity index (χ2n) is 8.87. The maximum Gasteiger partial charge on any atom is 0.261 e. The first-order valence-corrected chi connectivity index (χ1v) is 12.1. The van der Waals surface area contributed by atoms with Crippen molar-refractivity contribution in [3.8, 4) is 0 Å². The molecule has 0 aliphatic carbocycles. The first-order valence-electron chi connectivity index (χ1n) is 12.1. The van der Waals surface area contributed by atoms with E-state index in [1.54, 1.807) is 17.0 Å². The van der Waals surface area contributed by atoms with Crippen LogP contribution in [0.4, 0.5) is 15.8 Å². The fraction of sp³-hybridized carbons (Fsp3) is 0.310. The van der Waals surface area contributed by atoms with Gasteiger partial charge in [0.1, 0.15) is 5.82 Å². The lowest BCUT2D eigenvalue weighted by Crippen LogP contribution is -2.48. The zero-order valence-electron chi connectivity index (χ0n) is 19.8. The minimum Gasteiger partial charge on any atom is -0.305 e. The quantitative estimate of drug-likeness (QED) is 0.361. The summed E-state index contributed by atoms with van der Waals surface area (Å²) in [7, 11) is 0. The zero-order valence-corrected chi connectivity index (χ0v) is 19.8. The van der Waals surface area contributed by atoms with Crippen LogP contribution in [-0.4, -0.2) is 17.9 Å². The van der Waals surface area contributed by atoms with Crippen LogP contribution in [0.15, 0.2) is 78.9 Å². The molecule has 0 saturated heterocycles. The number of nitrogens with zero attached hydrogens (tertiary/aromatic N) is 2. The van der Waals surface area contributed by atoms with E-state index in [9.17, 15) is 14.0 Å². The molecule has 0 spiro atoms. The molecule has 34 heavy (non-hydrogen) atoms. The number of rotatable bonds is 7. The summed E-state index contributed by atoms with van der Waals surface area (Å²) in [6, 6.07) is 23.1. The highest BCUT2D eigenvalue weighted by molar-refractivity contribution is 6.07. The molecule has 0 N–H and O–H groups in total. The molecule has 4 rings (SSSR count). The van der Waals surface area contributed by atoms with Crippen molar-refractivity contribution in [3.05, 3.63) is 95.8 Å². The molecule has 176 valence electrons. The van der Waals surface area contributed by atoms with Crippen LogP contribution in [-0.2, 0) is 4.79 Å². The van der Waals surface area contributed by atoms with Crippen molar-refractivity contribution < 1.29 is 14.0 Å². The van der Waals surface area contributed by atoms with Gasteiger partial charge in [0, 0.05) is 23.8 Å². The molecule has 1 aliphatic rings. The van der Waals surface area contributed by atoms with Crippen molar-refractivity contribution in [2.45, 2.75) is 58.0 Å². The summed E-state index contributed by atoms with van der Waals surface area (Å²) in [4.78, 5) is 30.5. The third kappa shape index (κ3) is 4.74. The van der Waals surface area contributed by atoms with E-state index in [0.29, 0.717) is 12.8 Å². The average Bonchev–Trinajstić information content (AvgIpc) is 2.85. The Morgan fingerprint density at radius 1 is 0.941 bits per heavy atom. The molecule has 2 atom stereocenters. The van der Waals surface area contributed by atoms with E-state index in [2.05, 4.69) is 6.92 Å². The number of fused-ring (bicyclic) bond motifs is 1. The lowest BCUT2D eigenvalue weighted by molar-refractivity contribution is -0.119. The van der Waals surface area contributed by atoms with Gasteiger partial charge in [-0.2, -0.15) is 0 Å². The highest BCUT2D eigenvalue weighted by Crippen LogP contribution is 2.43. The number of anilines is 2. The van der Waals surface area contributed by atoms with Gasteiger partial charge in [-0.15, -0.1) is 0 Å². The van der Waals surface area contributed by atoms with Gasteiger partial charge in [-0.1, -0.05) is 68.3 Å². The number of carbonyl (C=O) groups excluding carboxylic acids is 2.